The van der Waals surface area contributed by atoms with Crippen molar-refractivity contribution in [3.8, 4) is 11.5 Å². The highest BCUT2D eigenvalue weighted by Crippen LogP contribution is 2.42. The number of phenols is 1. The van der Waals surface area contributed by atoms with E-state index >= 15 is 0 Å². The highest BCUT2D eigenvalue weighted by molar-refractivity contribution is 5.98. The molecule has 1 heterocycles. The Labute approximate surface area is 135 Å². The van der Waals surface area contributed by atoms with E-state index in [1.165, 1.54) is 7.11 Å². The molecular weight excluding hydrogens is 300 g/mol. The number of aliphatic hydroxyl groups is 2. The van der Waals surface area contributed by atoms with Gasteiger partial charge in [0, 0.05) is 24.2 Å². The van der Waals surface area contributed by atoms with E-state index in [2.05, 4.69) is 0 Å². The van der Waals surface area contributed by atoms with Gasteiger partial charge in [-0.15, -0.1) is 0 Å². The van der Waals surface area contributed by atoms with Gasteiger partial charge in [-0.25, -0.2) is 4.79 Å². The molecule has 1 aliphatic rings. The highest BCUT2D eigenvalue weighted by atomic mass is 16.5. The molecule has 0 bridgehead atoms. The van der Waals surface area contributed by atoms with E-state index in [4.69, 9.17) is 14.6 Å². The zero-order valence-corrected chi connectivity index (χ0v) is 13.5. The van der Waals surface area contributed by atoms with E-state index in [0.29, 0.717) is 28.9 Å². The minimum absolute atomic E-state index is 0.00241. The molecule has 23 heavy (non-hydrogen) atoms. The minimum atomic E-state index is -0.851. The summed E-state index contributed by atoms with van der Waals surface area (Å²) in [5.41, 5.74) is 2.57. The number of hydrogen-bond donors (Lipinski definition) is 3. The second-order valence-electron chi connectivity index (χ2n) is 5.60. The first-order valence-corrected chi connectivity index (χ1v) is 7.46. The lowest BCUT2D eigenvalue weighted by Gasteiger charge is -2.19. The Kier molecular flexibility index (Phi) is 5.28. The molecular formula is C17H22O6. The number of aromatic hydroxyl groups is 1. The highest BCUT2D eigenvalue weighted by Gasteiger charge is 2.32. The Hall–Kier alpha value is -2.05. The Morgan fingerprint density at radius 2 is 2.17 bits per heavy atom. The number of phenolic OH excluding ortho intramolecular Hbond substituents is 1. The van der Waals surface area contributed by atoms with Crippen LogP contribution in [0.1, 0.15) is 40.4 Å². The lowest BCUT2D eigenvalue weighted by Crippen LogP contribution is -2.14. The maximum absolute atomic E-state index is 11.8. The van der Waals surface area contributed by atoms with Crippen LogP contribution in [-0.4, -0.2) is 41.1 Å². The van der Waals surface area contributed by atoms with Crippen LogP contribution in [0.3, 0.4) is 0 Å². The molecule has 1 aromatic carbocycles. The van der Waals surface area contributed by atoms with Crippen LogP contribution in [0.15, 0.2) is 11.6 Å². The summed E-state index contributed by atoms with van der Waals surface area (Å²) >= 11 is 0. The molecule has 1 atom stereocenters. The number of carbonyl (C=O) groups excluding carboxylic acids is 1. The van der Waals surface area contributed by atoms with E-state index < -0.39 is 12.1 Å². The molecule has 1 aliphatic heterocycles. The van der Waals surface area contributed by atoms with Gasteiger partial charge in [0.25, 0.3) is 0 Å². The summed E-state index contributed by atoms with van der Waals surface area (Å²) in [6.07, 6.45) is 1.44. The zero-order chi connectivity index (χ0) is 17.1. The third-order valence-electron chi connectivity index (χ3n) is 4.17. The van der Waals surface area contributed by atoms with E-state index in [1.807, 2.05) is 0 Å². The molecule has 0 spiro atoms. The first-order valence-electron chi connectivity index (χ1n) is 7.46. The zero-order valence-electron chi connectivity index (χ0n) is 13.5. The van der Waals surface area contributed by atoms with Gasteiger partial charge in [-0.1, -0.05) is 6.08 Å². The average molecular weight is 322 g/mol. The summed E-state index contributed by atoms with van der Waals surface area (Å²) in [6, 6.07) is 0. The second-order valence-corrected chi connectivity index (χ2v) is 5.60. The van der Waals surface area contributed by atoms with Gasteiger partial charge in [0.15, 0.2) is 0 Å². The number of cyclic esters (lactones) is 1. The number of fused-ring (bicyclic) bond motifs is 1. The van der Waals surface area contributed by atoms with Gasteiger partial charge in [-0.3, -0.25) is 0 Å². The SMILES string of the molecule is COc1c(C)c2c(c(O)c1CC(O)/C(C)=C/CCO)C(=O)OC2. The molecule has 3 N–H and O–H groups in total. The molecule has 0 saturated carbocycles. The summed E-state index contributed by atoms with van der Waals surface area (Å²) in [5, 5.41) is 29.6. The molecule has 0 amide bonds. The van der Waals surface area contributed by atoms with Crippen molar-refractivity contribution in [3.63, 3.8) is 0 Å². The van der Waals surface area contributed by atoms with Gasteiger partial charge < -0.3 is 24.8 Å². The molecule has 2 rings (SSSR count). The summed E-state index contributed by atoms with van der Waals surface area (Å²) in [4.78, 5) is 11.8. The van der Waals surface area contributed by atoms with Crippen molar-refractivity contribution in [2.45, 2.75) is 39.4 Å². The quantitative estimate of drug-likeness (QED) is 0.544. The van der Waals surface area contributed by atoms with E-state index in [0.717, 1.165) is 5.56 Å². The number of rotatable bonds is 6. The van der Waals surface area contributed by atoms with Crippen molar-refractivity contribution in [3.05, 3.63) is 33.9 Å². The lowest BCUT2D eigenvalue weighted by molar-refractivity contribution is 0.0532. The Balaban J connectivity index is 2.44. The largest absolute Gasteiger partial charge is 0.507 e. The fourth-order valence-corrected chi connectivity index (χ4v) is 2.81. The predicted octanol–water partition coefficient (Wildman–Crippen LogP) is 1.61. The summed E-state index contributed by atoms with van der Waals surface area (Å²) in [7, 11) is 1.48. The number of benzene rings is 1. The lowest BCUT2D eigenvalue weighted by atomic mass is 9.92. The predicted molar refractivity (Wildman–Crippen MR) is 83.7 cm³/mol. The molecule has 0 saturated heterocycles. The molecule has 0 radical (unpaired) electrons. The van der Waals surface area contributed by atoms with Crippen molar-refractivity contribution in [1.29, 1.82) is 0 Å². The molecule has 1 aromatic rings. The topological polar surface area (TPSA) is 96.2 Å². The standard InChI is InChI=1S/C17H22O6/c1-9(5-4-6-18)13(19)7-11-15(20)14-12(8-23-17(14)21)10(2)16(11)22-3/h5,13,18-20H,4,6-8H2,1-3H3/b9-5+. The van der Waals surface area contributed by atoms with Gasteiger partial charge in [0.2, 0.25) is 0 Å². The molecule has 0 fully saturated rings. The van der Waals surface area contributed by atoms with Crippen LogP contribution in [0.4, 0.5) is 0 Å². The van der Waals surface area contributed by atoms with Crippen LogP contribution < -0.4 is 4.74 Å². The van der Waals surface area contributed by atoms with E-state index in [1.54, 1.807) is 19.9 Å². The fraction of sp³-hybridized carbons (Fsp3) is 0.471. The first-order chi connectivity index (χ1) is 10.9. The number of aliphatic hydroxyl groups excluding tert-OH is 2. The molecule has 6 heteroatoms. The van der Waals surface area contributed by atoms with Crippen molar-refractivity contribution >= 4 is 5.97 Å². The Morgan fingerprint density at radius 1 is 1.48 bits per heavy atom. The van der Waals surface area contributed by atoms with Crippen molar-refractivity contribution in [2.24, 2.45) is 0 Å². The monoisotopic (exact) mass is 322 g/mol. The van der Waals surface area contributed by atoms with Gasteiger partial charge in [-0.2, -0.15) is 0 Å². The van der Waals surface area contributed by atoms with Gasteiger partial charge in [0.1, 0.15) is 23.7 Å². The summed E-state index contributed by atoms with van der Waals surface area (Å²) in [6.45, 7) is 3.66. The fourth-order valence-electron chi connectivity index (χ4n) is 2.81. The van der Waals surface area contributed by atoms with Crippen LogP contribution in [-0.2, 0) is 17.8 Å². The number of methoxy groups -OCH3 is 1. The van der Waals surface area contributed by atoms with Crippen LogP contribution in [0, 0.1) is 6.92 Å². The molecule has 1 unspecified atom stereocenters. The molecule has 6 nitrogen and oxygen atoms in total. The van der Waals surface area contributed by atoms with Gasteiger partial charge in [-0.05, 0) is 31.4 Å². The van der Waals surface area contributed by atoms with Gasteiger partial charge >= 0.3 is 5.97 Å². The third kappa shape index (κ3) is 3.18. The first kappa shape index (κ1) is 17.3. The molecule has 126 valence electrons. The third-order valence-corrected chi connectivity index (χ3v) is 4.17. The average Bonchev–Trinajstić information content (AvgIpc) is 2.92. The van der Waals surface area contributed by atoms with Crippen molar-refractivity contribution in [2.75, 3.05) is 13.7 Å². The van der Waals surface area contributed by atoms with Crippen molar-refractivity contribution < 1.29 is 29.6 Å². The number of esters is 1. The maximum Gasteiger partial charge on any atom is 0.342 e. The smallest absolute Gasteiger partial charge is 0.342 e. The summed E-state index contributed by atoms with van der Waals surface area (Å²) in [5.74, 6) is -0.306. The van der Waals surface area contributed by atoms with Crippen molar-refractivity contribution in [1.82, 2.24) is 0 Å². The van der Waals surface area contributed by atoms with Gasteiger partial charge in [0.05, 0.1) is 13.2 Å². The number of hydrogen-bond acceptors (Lipinski definition) is 6. The molecule has 0 aliphatic carbocycles. The Bertz CT molecular complexity index is 647. The van der Waals surface area contributed by atoms with E-state index in [-0.39, 0.29) is 30.9 Å². The van der Waals surface area contributed by atoms with Crippen LogP contribution in [0.25, 0.3) is 0 Å². The van der Waals surface area contributed by atoms with Crippen LogP contribution in [0.5, 0.6) is 11.5 Å². The maximum atomic E-state index is 11.8. The minimum Gasteiger partial charge on any atom is -0.507 e. The second kappa shape index (κ2) is 7.02. The number of ether oxygens (including phenoxy) is 2. The Morgan fingerprint density at radius 3 is 2.78 bits per heavy atom. The number of carbonyl (C=O) groups is 1. The van der Waals surface area contributed by atoms with Crippen LogP contribution >= 0.6 is 0 Å². The van der Waals surface area contributed by atoms with Crippen LogP contribution in [0.2, 0.25) is 0 Å². The summed E-state index contributed by atoms with van der Waals surface area (Å²) < 4.78 is 10.4. The normalized spacial score (nSPS) is 15.3. The van der Waals surface area contributed by atoms with E-state index in [9.17, 15) is 15.0 Å². The molecule has 0 aromatic heterocycles.